The maximum absolute atomic E-state index is 12.6. The van der Waals surface area contributed by atoms with E-state index in [0.717, 1.165) is 23.8 Å². The number of nitrogens with one attached hydrogen (secondary N) is 1. The van der Waals surface area contributed by atoms with Gasteiger partial charge in [0.2, 0.25) is 0 Å². The molecule has 1 aliphatic rings. The van der Waals surface area contributed by atoms with Crippen molar-refractivity contribution in [2.24, 2.45) is 0 Å². The summed E-state index contributed by atoms with van der Waals surface area (Å²) in [5.41, 5.74) is 1.36. The fraction of sp³-hybridized carbons (Fsp3) is 0.222. The number of carbonyl (C=O) groups excluding carboxylic acids is 1. The van der Waals surface area contributed by atoms with Crippen molar-refractivity contribution in [3.63, 3.8) is 0 Å². The Labute approximate surface area is 168 Å². The number of hydrogen-bond acceptors (Lipinski definition) is 4. The average Bonchev–Trinajstić information content (AvgIpc) is 2.90. The van der Waals surface area contributed by atoms with Gasteiger partial charge in [-0.2, -0.15) is 17.6 Å². The van der Waals surface area contributed by atoms with Crippen LogP contribution in [0.25, 0.3) is 0 Å². The van der Waals surface area contributed by atoms with Gasteiger partial charge in [0.05, 0.1) is 12.1 Å². The van der Waals surface area contributed by atoms with Crippen LogP contribution in [-0.4, -0.2) is 36.3 Å². The fourth-order valence-corrected chi connectivity index (χ4v) is 2.84. The van der Waals surface area contributed by atoms with Gasteiger partial charge in [0.15, 0.2) is 5.78 Å². The van der Waals surface area contributed by atoms with E-state index in [-0.39, 0.29) is 34.9 Å². The summed E-state index contributed by atoms with van der Waals surface area (Å²) in [5, 5.41) is 8.14. The van der Waals surface area contributed by atoms with Gasteiger partial charge in [-0.3, -0.25) is 10.2 Å². The highest BCUT2D eigenvalue weighted by Gasteiger charge is 2.27. The Kier molecular flexibility index (Phi) is 7.00. The largest absolute Gasteiger partial charge is 0.435 e. The summed E-state index contributed by atoms with van der Waals surface area (Å²) >= 11 is 0. The lowest BCUT2D eigenvalue weighted by atomic mass is 10.1. The third kappa shape index (κ3) is 4.80. The molecule has 0 saturated carbocycles. The summed E-state index contributed by atoms with van der Waals surface area (Å²) in [6, 6.07) is 10.1. The minimum atomic E-state index is -3.24. The second-order valence-electron chi connectivity index (χ2n) is 5.70. The summed E-state index contributed by atoms with van der Waals surface area (Å²) in [6.45, 7) is -6.30. The lowest BCUT2D eigenvalue weighted by molar-refractivity contribution is -0.0544. The molecule has 0 aliphatic carbocycles. The molecule has 28 heavy (non-hydrogen) atoms. The number of alkyl halides is 4. The molecule has 0 atom stereocenters. The van der Waals surface area contributed by atoms with Crippen LogP contribution in [0.5, 0.6) is 11.5 Å². The SMILES string of the molecule is Br.N=C1c2ccccc2CN1CC(=O)c1ccc(OC(F)F)cc1OC(F)F. The number of amidine groups is 1. The molecule has 2 aromatic carbocycles. The number of benzene rings is 2. The van der Waals surface area contributed by atoms with E-state index in [9.17, 15) is 22.4 Å². The van der Waals surface area contributed by atoms with E-state index in [0.29, 0.717) is 12.1 Å². The molecule has 1 aliphatic heterocycles. The number of nitrogens with zero attached hydrogens (tertiary/aromatic N) is 1. The Morgan fingerprint density at radius 2 is 1.75 bits per heavy atom. The van der Waals surface area contributed by atoms with Crippen LogP contribution in [0.15, 0.2) is 42.5 Å². The van der Waals surface area contributed by atoms with Crippen molar-refractivity contribution in [2.45, 2.75) is 19.8 Å². The number of ether oxygens (including phenoxy) is 2. The summed E-state index contributed by atoms with van der Waals surface area (Å²) in [4.78, 5) is 14.1. The number of fused-ring (bicyclic) bond motifs is 1. The summed E-state index contributed by atoms with van der Waals surface area (Å²) in [6.07, 6.45) is 0. The molecule has 10 heteroatoms. The highest BCUT2D eigenvalue weighted by Crippen LogP contribution is 2.29. The standard InChI is InChI=1S/C18H14F4N2O3.BrH/c19-17(20)26-11-5-6-13(15(7-11)27-18(21)22)14(25)9-24-8-10-3-1-2-4-12(10)16(24)23;/h1-7,17-18,23H,8-9H2;1H. The Balaban J connectivity index is 0.00000280. The molecule has 0 amide bonds. The van der Waals surface area contributed by atoms with Crippen LogP contribution in [0.1, 0.15) is 21.5 Å². The van der Waals surface area contributed by atoms with Gasteiger partial charge in [-0.1, -0.05) is 24.3 Å². The van der Waals surface area contributed by atoms with Gasteiger partial charge >= 0.3 is 13.2 Å². The highest BCUT2D eigenvalue weighted by molar-refractivity contribution is 8.93. The van der Waals surface area contributed by atoms with Crippen LogP contribution in [0.3, 0.4) is 0 Å². The topological polar surface area (TPSA) is 62.6 Å². The van der Waals surface area contributed by atoms with E-state index >= 15 is 0 Å². The molecule has 0 saturated heterocycles. The third-order valence-electron chi connectivity index (χ3n) is 3.98. The zero-order chi connectivity index (χ0) is 19.6. The Morgan fingerprint density at radius 1 is 1.07 bits per heavy atom. The van der Waals surface area contributed by atoms with Gasteiger partial charge in [-0.15, -0.1) is 17.0 Å². The first kappa shape index (κ1) is 21.7. The zero-order valence-corrected chi connectivity index (χ0v) is 15.9. The third-order valence-corrected chi connectivity index (χ3v) is 3.98. The molecule has 2 aromatic rings. The van der Waals surface area contributed by atoms with Gasteiger partial charge in [0.25, 0.3) is 0 Å². The van der Waals surface area contributed by atoms with Crippen LogP contribution < -0.4 is 9.47 Å². The number of Topliss-reactive ketones (excluding diaryl/α,β-unsaturated/α-hetero) is 1. The molecule has 0 aromatic heterocycles. The molecule has 0 fully saturated rings. The maximum Gasteiger partial charge on any atom is 0.387 e. The lowest BCUT2D eigenvalue weighted by Crippen LogP contribution is -2.30. The smallest absolute Gasteiger partial charge is 0.387 e. The van der Waals surface area contributed by atoms with Crippen molar-refractivity contribution in [1.82, 2.24) is 4.90 Å². The van der Waals surface area contributed by atoms with Crippen LogP contribution >= 0.6 is 17.0 Å². The van der Waals surface area contributed by atoms with Crippen molar-refractivity contribution in [1.29, 1.82) is 5.41 Å². The minimum Gasteiger partial charge on any atom is -0.435 e. The molecule has 0 unspecified atom stereocenters. The van der Waals surface area contributed by atoms with Crippen LogP contribution in [0.2, 0.25) is 0 Å². The van der Waals surface area contributed by atoms with E-state index in [1.807, 2.05) is 12.1 Å². The molecule has 0 radical (unpaired) electrons. The molecule has 1 N–H and O–H groups in total. The second-order valence-corrected chi connectivity index (χ2v) is 5.70. The lowest BCUT2D eigenvalue weighted by Gasteiger charge is -2.18. The van der Waals surface area contributed by atoms with Crippen LogP contribution in [0, 0.1) is 5.41 Å². The van der Waals surface area contributed by atoms with Gasteiger partial charge in [-0.25, -0.2) is 0 Å². The van der Waals surface area contributed by atoms with E-state index < -0.39 is 30.5 Å². The van der Waals surface area contributed by atoms with Crippen molar-refractivity contribution in [3.05, 3.63) is 59.2 Å². The Bertz CT molecular complexity index is 880. The van der Waals surface area contributed by atoms with Crippen LogP contribution in [-0.2, 0) is 6.54 Å². The van der Waals surface area contributed by atoms with Gasteiger partial charge in [0, 0.05) is 18.2 Å². The molecule has 5 nitrogen and oxygen atoms in total. The molecule has 1 heterocycles. The first-order valence-electron chi connectivity index (χ1n) is 7.84. The minimum absolute atomic E-state index is 0. The monoisotopic (exact) mass is 462 g/mol. The highest BCUT2D eigenvalue weighted by atomic mass is 79.9. The molecule has 3 rings (SSSR count). The Hall–Kier alpha value is -2.62. The normalized spacial score (nSPS) is 12.8. The molecule has 150 valence electrons. The number of ketones is 1. The molecular formula is C18H15BrF4N2O3. The Morgan fingerprint density at radius 3 is 2.39 bits per heavy atom. The van der Waals surface area contributed by atoms with Crippen molar-refractivity contribution >= 4 is 28.6 Å². The second kappa shape index (κ2) is 9.05. The number of hydrogen-bond donors (Lipinski definition) is 1. The average molecular weight is 463 g/mol. The predicted molar refractivity (Wildman–Crippen MR) is 98.0 cm³/mol. The predicted octanol–water partition coefficient (Wildman–Crippen LogP) is 4.49. The van der Waals surface area contributed by atoms with Crippen LogP contribution in [0.4, 0.5) is 17.6 Å². The zero-order valence-electron chi connectivity index (χ0n) is 14.2. The number of halogens is 5. The molecular weight excluding hydrogens is 448 g/mol. The maximum atomic E-state index is 12.6. The molecule has 0 bridgehead atoms. The first-order valence-corrected chi connectivity index (χ1v) is 7.84. The van der Waals surface area contributed by atoms with Gasteiger partial charge < -0.3 is 14.4 Å². The van der Waals surface area contributed by atoms with Gasteiger partial charge in [0.1, 0.15) is 17.3 Å². The van der Waals surface area contributed by atoms with Crippen molar-refractivity contribution in [2.75, 3.05) is 6.54 Å². The van der Waals surface area contributed by atoms with E-state index in [1.54, 1.807) is 12.1 Å². The van der Waals surface area contributed by atoms with E-state index in [2.05, 4.69) is 9.47 Å². The number of carbonyl (C=O) groups is 1. The van der Waals surface area contributed by atoms with Gasteiger partial charge in [-0.05, 0) is 17.7 Å². The quantitative estimate of drug-likeness (QED) is 0.486. The summed E-state index contributed by atoms with van der Waals surface area (Å²) < 4.78 is 58.3. The summed E-state index contributed by atoms with van der Waals surface area (Å²) in [7, 11) is 0. The van der Waals surface area contributed by atoms with E-state index in [1.165, 1.54) is 4.90 Å². The number of rotatable bonds is 7. The van der Waals surface area contributed by atoms with Crippen molar-refractivity contribution in [3.8, 4) is 11.5 Å². The molecule has 0 spiro atoms. The summed E-state index contributed by atoms with van der Waals surface area (Å²) in [5.74, 6) is -1.41. The fourth-order valence-electron chi connectivity index (χ4n) is 2.84. The van der Waals surface area contributed by atoms with E-state index in [4.69, 9.17) is 5.41 Å². The first-order chi connectivity index (χ1) is 12.8. The van der Waals surface area contributed by atoms with Crippen molar-refractivity contribution < 1.29 is 31.8 Å².